The molecule has 0 atom stereocenters. The van der Waals surface area contributed by atoms with E-state index < -0.39 is 0 Å². The summed E-state index contributed by atoms with van der Waals surface area (Å²) in [5, 5.41) is 0. The largest absolute Gasteiger partial charge is 0.461 e. The molecule has 146 valence electrons. The molecule has 0 unspecified atom stereocenters. The van der Waals surface area contributed by atoms with E-state index in [9.17, 15) is 4.79 Å². The van der Waals surface area contributed by atoms with Crippen molar-refractivity contribution in [1.29, 1.82) is 0 Å². The third kappa shape index (κ3) is 14.4. The summed E-state index contributed by atoms with van der Waals surface area (Å²) in [5.41, 5.74) is 0.927. The average Bonchev–Trinajstić information content (AvgIpc) is 2.70. The van der Waals surface area contributed by atoms with Gasteiger partial charge in [-0.2, -0.15) is 0 Å². The SMILES string of the molecule is C=CC/C=C\C/C=C\C/C=C\CCCCCCC(=O)OCc1cccnc1. The maximum absolute atomic E-state index is 11.7. The fourth-order valence-corrected chi connectivity index (χ4v) is 2.46. The van der Waals surface area contributed by atoms with Crippen molar-refractivity contribution in [3.63, 3.8) is 0 Å². The molecule has 1 rings (SSSR count). The van der Waals surface area contributed by atoms with Gasteiger partial charge in [0.05, 0.1) is 0 Å². The molecular formula is C24H33NO2. The molecule has 0 bridgehead atoms. The van der Waals surface area contributed by atoms with Crippen LogP contribution >= 0.6 is 0 Å². The molecule has 1 aromatic rings. The lowest BCUT2D eigenvalue weighted by atomic mass is 10.1. The minimum Gasteiger partial charge on any atom is -0.461 e. The van der Waals surface area contributed by atoms with Crippen molar-refractivity contribution in [2.75, 3.05) is 0 Å². The molecule has 0 aliphatic carbocycles. The maximum Gasteiger partial charge on any atom is 0.306 e. The smallest absolute Gasteiger partial charge is 0.306 e. The lowest BCUT2D eigenvalue weighted by Gasteiger charge is -2.04. The van der Waals surface area contributed by atoms with Gasteiger partial charge in [-0.05, 0) is 44.6 Å². The summed E-state index contributed by atoms with van der Waals surface area (Å²) in [7, 11) is 0. The van der Waals surface area contributed by atoms with Crippen LogP contribution in [0.4, 0.5) is 0 Å². The topological polar surface area (TPSA) is 39.2 Å². The predicted molar refractivity (Wildman–Crippen MR) is 113 cm³/mol. The average molecular weight is 368 g/mol. The van der Waals surface area contributed by atoms with E-state index in [2.05, 4.69) is 48.0 Å². The molecule has 1 heterocycles. The summed E-state index contributed by atoms with van der Waals surface area (Å²) in [6.07, 6.45) is 27.3. The molecule has 0 aliphatic rings. The number of pyridine rings is 1. The highest BCUT2D eigenvalue weighted by Gasteiger charge is 2.03. The number of carbonyl (C=O) groups is 1. The Bertz CT molecular complexity index is 588. The van der Waals surface area contributed by atoms with Crippen LogP contribution in [0.25, 0.3) is 0 Å². The van der Waals surface area contributed by atoms with Crippen LogP contribution in [0.1, 0.15) is 63.4 Å². The molecule has 0 aliphatic heterocycles. The van der Waals surface area contributed by atoms with Gasteiger partial charge in [-0.1, -0.05) is 61.4 Å². The first-order valence-corrected chi connectivity index (χ1v) is 9.93. The van der Waals surface area contributed by atoms with E-state index in [1.54, 1.807) is 12.4 Å². The first kappa shape index (κ1) is 22.6. The zero-order valence-corrected chi connectivity index (χ0v) is 16.4. The van der Waals surface area contributed by atoms with Crippen LogP contribution in [-0.2, 0) is 16.1 Å². The van der Waals surface area contributed by atoms with E-state index in [0.717, 1.165) is 50.5 Å². The predicted octanol–water partition coefficient (Wildman–Crippen LogP) is 6.49. The van der Waals surface area contributed by atoms with Crippen molar-refractivity contribution in [3.8, 4) is 0 Å². The molecule has 3 heteroatoms. The number of aromatic nitrogens is 1. The Balaban J connectivity index is 1.90. The van der Waals surface area contributed by atoms with Crippen molar-refractivity contribution >= 4 is 5.97 Å². The van der Waals surface area contributed by atoms with Crippen LogP contribution in [0.3, 0.4) is 0 Å². The fourth-order valence-electron chi connectivity index (χ4n) is 2.46. The van der Waals surface area contributed by atoms with E-state index in [1.807, 2.05) is 18.2 Å². The van der Waals surface area contributed by atoms with E-state index in [4.69, 9.17) is 4.74 Å². The van der Waals surface area contributed by atoms with Gasteiger partial charge in [-0.3, -0.25) is 9.78 Å². The van der Waals surface area contributed by atoms with Gasteiger partial charge in [0.2, 0.25) is 0 Å². The molecule has 1 aromatic heterocycles. The van der Waals surface area contributed by atoms with E-state index in [-0.39, 0.29) is 5.97 Å². The van der Waals surface area contributed by atoms with Crippen molar-refractivity contribution in [2.24, 2.45) is 0 Å². The summed E-state index contributed by atoms with van der Waals surface area (Å²) in [6, 6.07) is 3.75. The molecule has 0 aromatic carbocycles. The summed E-state index contributed by atoms with van der Waals surface area (Å²) in [5.74, 6) is -0.120. The van der Waals surface area contributed by atoms with Gasteiger partial charge in [0.1, 0.15) is 6.61 Å². The van der Waals surface area contributed by atoms with Crippen molar-refractivity contribution < 1.29 is 9.53 Å². The van der Waals surface area contributed by atoms with Crippen molar-refractivity contribution in [1.82, 2.24) is 4.98 Å². The minimum atomic E-state index is -0.120. The Kier molecular flexibility index (Phi) is 14.3. The van der Waals surface area contributed by atoms with Crippen LogP contribution in [0, 0.1) is 0 Å². The molecule has 0 spiro atoms. The molecule has 0 fully saturated rings. The summed E-state index contributed by atoms with van der Waals surface area (Å²) in [6.45, 7) is 4.00. The summed E-state index contributed by atoms with van der Waals surface area (Å²) < 4.78 is 5.24. The molecule has 27 heavy (non-hydrogen) atoms. The van der Waals surface area contributed by atoms with Crippen LogP contribution in [0.2, 0.25) is 0 Å². The number of rotatable bonds is 15. The quantitative estimate of drug-likeness (QED) is 0.202. The molecule has 0 radical (unpaired) electrons. The van der Waals surface area contributed by atoms with Gasteiger partial charge in [0, 0.05) is 24.4 Å². The van der Waals surface area contributed by atoms with Gasteiger partial charge in [0.25, 0.3) is 0 Å². The Morgan fingerprint density at radius 1 is 0.963 bits per heavy atom. The normalized spacial score (nSPS) is 11.6. The van der Waals surface area contributed by atoms with E-state index >= 15 is 0 Å². The number of allylic oxidation sites excluding steroid dienone is 7. The standard InChI is InChI=1S/C24H33NO2/c1-2-3-4-5-6-7-8-9-10-11-12-13-14-15-16-19-24(26)27-22-23-18-17-20-25-21-23/h2,4-5,7-8,10-11,17-18,20-21H,1,3,6,9,12-16,19,22H2/b5-4-,8-7-,11-10-. The van der Waals surface area contributed by atoms with Gasteiger partial charge >= 0.3 is 5.97 Å². The van der Waals surface area contributed by atoms with Crippen molar-refractivity contribution in [3.05, 3.63) is 79.2 Å². The monoisotopic (exact) mass is 367 g/mol. The van der Waals surface area contributed by atoms with Crippen LogP contribution < -0.4 is 0 Å². The third-order valence-electron chi connectivity index (χ3n) is 3.97. The summed E-state index contributed by atoms with van der Waals surface area (Å²) >= 11 is 0. The Morgan fingerprint density at radius 2 is 1.67 bits per heavy atom. The minimum absolute atomic E-state index is 0.120. The second-order valence-corrected chi connectivity index (χ2v) is 6.38. The maximum atomic E-state index is 11.7. The molecule has 0 N–H and O–H groups in total. The molecule has 3 nitrogen and oxygen atoms in total. The number of hydrogen-bond donors (Lipinski definition) is 0. The fraction of sp³-hybridized carbons (Fsp3) is 0.417. The highest BCUT2D eigenvalue weighted by atomic mass is 16.5. The number of unbranched alkanes of at least 4 members (excludes halogenated alkanes) is 4. The van der Waals surface area contributed by atoms with Gasteiger partial charge in [-0.25, -0.2) is 0 Å². The number of ether oxygens (including phenoxy) is 1. The zero-order chi connectivity index (χ0) is 19.4. The van der Waals surface area contributed by atoms with Crippen LogP contribution in [0.15, 0.2) is 73.6 Å². The molecule has 0 saturated heterocycles. The molecule has 0 saturated carbocycles. The first-order valence-electron chi connectivity index (χ1n) is 9.93. The molecule has 0 amide bonds. The van der Waals surface area contributed by atoms with Crippen LogP contribution in [-0.4, -0.2) is 11.0 Å². The molecular weight excluding hydrogens is 334 g/mol. The first-order chi connectivity index (χ1) is 13.3. The Morgan fingerprint density at radius 3 is 2.37 bits per heavy atom. The summed E-state index contributed by atoms with van der Waals surface area (Å²) in [4.78, 5) is 15.7. The third-order valence-corrected chi connectivity index (χ3v) is 3.97. The Hall–Kier alpha value is -2.42. The highest BCUT2D eigenvalue weighted by Crippen LogP contribution is 2.08. The van der Waals surface area contributed by atoms with Gasteiger partial charge in [0.15, 0.2) is 0 Å². The van der Waals surface area contributed by atoms with Crippen LogP contribution in [0.5, 0.6) is 0 Å². The Labute approximate surface area is 164 Å². The second kappa shape index (κ2) is 17.0. The number of nitrogens with zero attached hydrogens (tertiary/aromatic N) is 1. The lowest BCUT2D eigenvalue weighted by molar-refractivity contribution is -0.145. The highest BCUT2D eigenvalue weighted by molar-refractivity contribution is 5.69. The zero-order valence-electron chi connectivity index (χ0n) is 16.4. The van der Waals surface area contributed by atoms with E-state index in [0.29, 0.717) is 13.0 Å². The van der Waals surface area contributed by atoms with E-state index in [1.165, 1.54) is 6.42 Å². The van der Waals surface area contributed by atoms with Gasteiger partial charge < -0.3 is 4.74 Å². The number of esters is 1. The lowest BCUT2D eigenvalue weighted by Crippen LogP contribution is -2.04. The van der Waals surface area contributed by atoms with Gasteiger partial charge in [-0.15, -0.1) is 6.58 Å². The number of hydrogen-bond acceptors (Lipinski definition) is 3. The van der Waals surface area contributed by atoms with Crippen molar-refractivity contribution in [2.45, 2.75) is 64.4 Å². The second-order valence-electron chi connectivity index (χ2n) is 6.38. The number of carbonyl (C=O) groups excluding carboxylic acids is 1.